The van der Waals surface area contributed by atoms with Crippen LogP contribution in [0.1, 0.15) is 5.48 Å². The van der Waals surface area contributed by atoms with Crippen molar-refractivity contribution >= 4 is 25.4 Å². The van der Waals surface area contributed by atoms with E-state index in [9.17, 15) is 18.5 Å². The molecule has 5 nitrogen and oxygen atoms in total. The van der Waals surface area contributed by atoms with E-state index >= 15 is 0 Å². The minimum absolute atomic E-state index is 1.06. The molecule has 0 saturated carbocycles. The molecule has 0 unspecified atom stereocenters. The van der Waals surface area contributed by atoms with Crippen LogP contribution in [0.5, 0.6) is 0 Å². The Kier molecular flexibility index (Phi) is 1.42. The molecule has 0 aromatic heterocycles. The summed E-state index contributed by atoms with van der Waals surface area (Å²) in [6.07, 6.45) is 0. The van der Waals surface area contributed by atoms with E-state index < -0.39 is 48.7 Å². The summed E-state index contributed by atoms with van der Waals surface area (Å²) in [6, 6.07) is -4.24. The van der Waals surface area contributed by atoms with Crippen molar-refractivity contribution in [2.75, 3.05) is 0 Å². The second-order valence-corrected chi connectivity index (χ2v) is 4.38. The number of hydrogen-bond donors (Lipinski definition) is 0. The summed E-state index contributed by atoms with van der Waals surface area (Å²) in [7, 11) is 0.424. The van der Waals surface area contributed by atoms with Gasteiger partial charge in [-0.2, -0.15) is 0 Å². The molecule has 13 heavy (non-hydrogen) atoms. The topological polar surface area (TPSA) is 77.3 Å². The first-order valence-corrected chi connectivity index (χ1v) is 5.09. The lowest BCUT2D eigenvalue weighted by Gasteiger charge is -1.94. The fraction of sp³-hybridized carbons (Fsp3) is 0. The molecule has 0 N–H and O–H groups in total. The van der Waals surface area contributed by atoms with Gasteiger partial charge in [-0.3, -0.25) is 10.1 Å². The standard InChI is InChI=1S/C6H4ClNO4S/c7-13(11,12)6-3-1-5(2-4-6)8(9)10/h1-4H/i1D,2D,3D,4D. The SMILES string of the molecule is [2H]c1c([2H])c(S(=O)(=O)Cl)c([2H])c([2H])c1[N+](=O)[O-]. The van der Waals surface area contributed by atoms with Crippen molar-refractivity contribution in [3.05, 3.63) is 34.3 Å². The average molecular weight is 226 g/mol. The summed E-state index contributed by atoms with van der Waals surface area (Å²) < 4.78 is 51.1. The zero-order chi connectivity index (χ0) is 13.5. The number of nitro groups is 1. The highest BCUT2D eigenvalue weighted by Crippen LogP contribution is 2.18. The lowest BCUT2D eigenvalue weighted by Crippen LogP contribution is -1.92. The van der Waals surface area contributed by atoms with Gasteiger partial charge in [0.25, 0.3) is 14.7 Å². The van der Waals surface area contributed by atoms with Crippen molar-refractivity contribution in [1.29, 1.82) is 0 Å². The highest BCUT2D eigenvalue weighted by molar-refractivity contribution is 8.13. The van der Waals surface area contributed by atoms with Gasteiger partial charge < -0.3 is 0 Å². The maximum Gasteiger partial charge on any atom is 0.269 e. The molecular formula is C6H4ClNO4S. The highest BCUT2D eigenvalue weighted by atomic mass is 35.7. The first-order valence-electron chi connectivity index (χ1n) is 4.78. The van der Waals surface area contributed by atoms with Crippen molar-refractivity contribution in [1.82, 2.24) is 0 Å². The van der Waals surface area contributed by atoms with Crippen LogP contribution in [-0.4, -0.2) is 13.3 Å². The third-order valence-electron chi connectivity index (χ3n) is 1.02. The van der Waals surface area contributed by atoms with E-state index in [4.69, 9.17) is 16.2 Å². The van der Waals surface area contributed by atoms with Gasteiger partial charge in [-0.05, 0) is 12.1 Å². The summed E-state index contributed by atoms with van der Waals surface area (Å²) >= 11 is 0. The van der Waals surface area contributed by atoms with Gasteiger partial charge in [-0.1, -0.05) is 0 Å². The molecule has 0 radical (unpaired) electrons. The molecule has 7 heteroatoms. The lowest BCUT2D eigenvalue weighted by atomic mass is 10.3. The number of halogens is 1. The van der Waals surface area contributed by atoms with Gasteiger partial charge in [-0.15, -0.1) is 0 Å². The van der Waals surface area contributed by atoms with Gasteiger partial charge in [0.1, 0.15) is 0 Å². The molecule has 0 amide bonds. The largest absolute Gasteiger partial charge is 0.269 e. The number of nitro benzene ring substituents is 1. The van der Waals surface area contributed by atoms with E-state index in [1.807, 2.05) is 0 Å². The van der Waals surface area contributed by atoms with Gasteiger partial charge in [0.05, 0.1) is 15.3 Å². The minimum Gasteiger partial charge on any atom is -0.258 e. The smallest absolute Gasteiger partial charge is 0.258 e. The fourth-order valence-corrected chi connectivity index (χ4v) is 1.08. The predicted molar refractivity (Wildman–Crippen MR) is 46.1 cm³/mol. The summed E-state index contributed by atoms with van der Waals surface area (Å²) in [5, 5.41) is 10.5. The van der Waals surface area contributed by atoms with Crippen molar-refractivity contribution in [3.63, 3.8) is 0 Å². The Morgan fingerprint density at radius 1 is 1.38 bits per heavy atom. The first-order chi connectivity index (χ1) is 7.59. The number of hydrogen-bond acceptors (Lipinski definition) is 4. The average Bonchev–Trinajstić information content (AvgIpc) is 2.12. The van der Waals surface area contributed by atoms with Crippen LogP contribution in [0.4, 0.5) is 5.69 Å². The van der Waals surface area contributed by atoms with Crippen LogP contribution >= 0.6 is 10.7 Å². The normalized spacial score (nSPS) is 15.5. The quantitative estimate of drug-likeness (QED) is 0.434. The monoisotopic (exact) mass is 225 g/mol. The van der Waals surface area contributed by atoms with Crippen LogP contribution in [0.15, 0.2) is 29.1 Å². The van der Waals surface area contributed by atoms with E-state index in [2.05, 4.69) is 0 Å². The Hall–Kier alpha value is -1.14. The van der Waals surface area contributed by atoms with Crippen molar-refractivity contribution in [2.24, 2.45) is 0 Å². The third kappa shape index (κ3) is 2.40. The van der Waals surface area contributed by atoms with Gasteiger partial charge in [0.2, 0.25) is 0 Å². The summed E-state index contributed by atoms with van der Waals surface area (Å²) in [5.41, 5.74) is -1.09. The van der Waals surface area contributed by atoms with Crippen molar-refractivity contribution in [3.8, 4) is 0 Å². The molecule has 70 valence electrons. The van der Waals surface area contributed by atoms with E-state index in [0.717, 1.165) is 0 Å². The van der Waals surface area contributed by atoms with Crippen LogP contribution in [0, 0.1) is 10.1 Å². The zero-order valence-electron chi connectivity index (χ0n) is 9.87. The molecule has 0 atom stereocenters. The van der Waals surface area contributed by atoms with Crippen molar-refractivity contribution in [2.45, 2.75) is 4.90 Å². The van der Waals surface area contributed by atoms with E-state index in [1.165, 1.54) is 0 Å². The molecule has 0 fully saturated rings. The Balaban J connectivity index is 3.91. The van der Waals surface area contributed by atoms with E-state index in [1.54, 1.807) is 0 Å². The molecule has 1 rings (SSSR count). The lowest BCUT2D eigenvalue weighted by molar-refractivity contribution is -0.384. The Bertz CT molecular complexity index is 588. The Morgan fingerprint density at radius 3 is 2.15 bits per heavy atom. The van der Waals surface area contributed by atoms with Crippen LogP contribution in [0.25, 0.3) is 0 Å². The zero-order valence-corrected chi connectivity index (χ0v) is 7.44. The molecule has 0 heterocycles. The molecule has 1 aromatic carbocycles. The number of rotatable bonds is 2. The molecule has 0 bridgehead atoms. The van der Waals surface area contributed by atoms with Gasteiger partial charge >= 0.3 is 0 Å². The van der Waals surface area contributed by atoms with Crippen LogP contribution in [0.3, 0.4) is 0 Å². The summed E-state index contributed by atoms with van der Waals surface area (Å²) in [4.78, 5) is 8.34. The van der Waals surface area contributed by atoms with Crippen molar-refractivity contribution < 1.29 is 18.8 Å². The Labute approximate surface area is 84.1 Å². The number of nitrogens with zero attached hydrogens (tertiary/aromatic N) is 1. The van der Waals surface area contributed by atoms with Gasteiger partial charge in [0.15, 0.2) is 0 Å². The Morgan fingerprint density at radius 2 is 1.85 bits per heavy atom. The fourth-order valence-electron chi connectivity index (χ4n) is 0.508. The van der Waals surface area contributed by atoms with E-state index in [-0.39, 0.29) is 0 Å². The van der Waals surface area contributed by atoms with Crippen LogP contribution < -0.4 is 0 Å². The second-order valence-electron chi connectivity index (χ2n) is 1.87. The first kappa shape index (κ1) is 5.56. The number of benzene rings is 1. The van der Waals surface area contributed by atoms with Gasteiger partial charge in [0, 0.05) is 22.8 Å². The molecule has 0 saturated heterocycles. The molecule has 0 aliphatic heterocycles. The van der Waals surface area contributed by atoms with Gasteiger partial charge in [-0.25, -0.2) is 8.42 Å². The molecular weight excluding hydrogens is 218 g/mol. The highest BCUT2D eigenvalue weighted by Gasteiger charge is 2.11. The van der Waals surface area contributed by atoms with E-state index in [0.29, 0.717) is 0 Å². The molecule has 0 spiro atoms. The second kappa shape index (κ2) is 3.31. The molecule has 1 aromatic rings. The summed E-state index contributed by atoms with van der Waals surface area (Å²) in [6.45, 7) is 0. The predicted octanol–water partition coefficient (Wildman–Crippen LogP) is 1.52. The van der Waals surface area contributed by atoms with Crippen LogP contribution in [-0.2, 0) is 9.05 Å². The van der Waals surface area contributed by atoms with Crippen LogP contribution in [0.2, 0.25) is 0 Å². The maximum absolute atomic E-state index is 11.0. The summed E-state index contributed by atoms with van der Waals surface area (Å²) in [5.74, 6) is 0. The molecule has 0 aliphatic carbocycles. The maximum atomic E-state index is 11.0. The third-order valence-corrected chi connectivity index (χ3v) is 2.17. The minimum atomic E-state index is -4.52. The molecule has 0 aliphatic rings.